The van der Waals surface area contributed by atoms with Gasteiger partial charge in [-0.15, -0.1) is 0 Å². The average Bonchev–Trinajstić information content (AvgIpc) is 3.46. The van der Waals surface area contributed by atoms with Crippen molar-refractivity contribution in [3.8, 4) is 0 Å². The van der Waals surface area contributed by atoms with Gasteiger partial charge in [0.25, 0.3) is 5.56 Å². The van der Waals surface area contributed by atoms with Gasteiger partial charge in [-0.25, -0.2) is 9.36 Å². The van der Waals surface area contributed by atoms with E-state index in [-0.39, 0.29) is 65.8 Å². The minimum atomic E-state index is -4.67. The summed E-state index contributed by atoms with van der Waals surface area (Å²) in [6, 6.07) is 0. The Morgan fingerprint density at radius 3 is 1.76 bits per heavy atom. The summed E-state index contributed by atoms with van der Waals surface area (Å²) in [5.74, 6) is -0.968. The maximum atomic E-state index is 11.7. The summed E-state index contributed by atoms with van der Waals surface area (Å²) in [7, 11) is -4.67. The van der Waals surface area contributed by atoms with E-state index in [0.717, 1.165) is 4.57 Å². The quantitative estimate of drug-likeness (QED) is 0.0789. The largest absolute Gasteiger partial charge is 0.480 e. The Kier molecular flexibility index (Phi) is 27.7. The Hall–Kier alpha value is -2.22. The molecule has 0 aliphatic carbocycles. The number of H-pyrrole nitrogens is 1. The summed E-state index contributed by atoms with van der Waals surface area (Å²) in [6.07, 6.45) is -1.93. The van der Waals surface area contributed by atoms with Crippen LogP contribution in [0.2, 0.25) is 0 Å². The van der Waals surface area contributed by atoms with Crippen LogP contribution in [0.1, 0.15) is 38.5 Å². The average molecular weight is 744 g/mol. The van der Waals surface area contributed by atoms with Crippen LogP contribution in [-0.4, -0.2) is 166 Å². The van der Waals surface area contributed by atoms with Crippen molar-refractivity contribution in [2.24, 2.45) is 16.6 Å². The molecule has 0 amide bonds. The molecule has 16 N–H and O–H groups in total. The number of nitrogens with one attached hydrogen (secondary N) is 1. The van der Waals surface area contributed by atoms with E-state index in [0.29, 0.717) is 12.0 Å². The number of aliphatic hydroxyl groups is 10. The predicted molar refractivity (Wildman–Crippen MR) is 169 cm³/mol. The highest BCUT2D eigenvalue weighted by Crippen LogP contribution is 2.38. The fourth-order valence-corrected chi connectivity index (χ4v) is 3.04. The molecule has 0 saturated carbocycles. The van der Waals surface area contributed by atoms with Crippen LogP contribution in [0.3, 0.4) is 0 Å². The molecule has 3 atom stereocenters. The van der Waals surface area contributed by atoms with Gasteiger partial charge in [0.05, 0.1) is 72.1 Å². The van der Waals surface area contributed by atoms with Crippen molar-refractivity contribution >= 4 is 13.8 Å². The van der Waals surface area contributed by atoms with Crippen LogP contribution < -0.4 is 17.0 Å². The second-order valence-corrected chi connectivity index (χ2v) is 12.2. The first-order valence-electron chi connectivity index (χ1n) is 14.5. The maximum absolute atomic E-state index is 11.7. The molecule has 1 aromatic rings. The third-order valence-electron chi connectivity index (χ3n) is 6.56. The van der Waals surface area contributed by atoms with Gasteiger partial charge in [-0.05, 0) is 13.3 Å². The topological polar surface area (TPSA) is 396 Å². The minimum absolute atomic E-state index is 0.0283. The number of phosphoric acid groups is 1. The zero-order chi connectivity index (χ0) is 39.0. The number of rotatable bonds is 14. The highest BCUT2D eigenvalue weighted by molar-refractivity contribution is 7.46. The van der Waals surface area contributed by atoms with Gasteiger partial charge in [0.1, 0.15) is 18.4 Å². The molecule has 2 heterocycles. The molecule has 0 aromatic carbocycles. The van der Waals surface area contributed by atoms with Gasteiger partial charge in [0, 0.05) is 29.0 Å². The van der Waals surface area contributed by atoms with E-state index in [9.17, 15) is 24.1 Å². The number of carboxylic acid groups (broad SMARTS) is 1. The number of aliphatic hydroxyl groups excluding tert-OH is 10. The standard InChI is InChI=1S/C10H15N2O8P.C6H14O3.C5H12O3.C3H8O3.C2H5NO2/c1-5-3-12(10(15)11-9(5)14)8-2-6(13)7(20-8)4-19-21(16,17)18;1-2-6(3-7,4-8)5-9;1-5(2-6,3-7)4-8;4-1-3(6)2-5;3-1-2(4)5/h3,6-8,13H,2,4H2,1H3,(H,11,14,15)(H2,16,17,18);7-9H,2-5H2,1H3;6-8H,2-4H2,1H3;3-6H,1-2H2;1,3H2,(H,4,5)/t6-,7+,8+;;;;/m0..../s1. The molecule has 2 rings (SSSR count). The molecular formula is C26H54N3O19P. The van der Waals surface area contributed by atoms with E-state index >= 15 is 0 Å². The van der Waals surface area contributed by atoms with Gasteiger partial charge < -0.3 is 76.4 Å². The van der Waals surface area contributed by atoms with Crippen LogP contribution in [0.5, 0.6) is 0 Å². The Morgan fingerprint density at radius 1 is 1.04 bits per heavy atom. The molecule has 23 heteroatoms. The summed E-state index contributed by atoms with van der Waals surface area (Å²) in [6.45, 7) is 2.40. The van der Waals surface area contributed by atoms with Gasteiger partial charge >= 0.3 is 19.5 Å². The molecule has 292 valence electrons. The lowest BCUT2D eigenvalue weighted by Crippen LogP contribution is -2.33. The normalized spacial score (nSPS) is 17.4. The first-order valence-corrected chi connectivity index (χ1v) is 16.0. The number of carbonyl (C=O) groups is 1. The maximum Gasteiger partial charge on any atom is 0.469 e. The fourth-order valence-electron chi connectivity index (χ4n) is 2.70. The van der Waals surface area contributed by atoms with Crippen molar-refractivity contribution in [3.63, 3.8) is 0 Å². The van der Waals surface area contributed by atoms with Crippen molar-refractivity contribution < 1.29 is 84.6 Å². The van der Waals surface area contributed by atoms with E-state index in [1.807, 2.05) is 6.92 Å². The number of nitrogens with zero attached hydrogens (tertiary/aromatic N) is 1. The molecule has 0 unspecified atom stereocenters. The van der Waals surface area contributed by atoms with Crippen molar-refractivity contribution in [2.45, 2.75) is 58.2 Å². The molecule has 0 radical (unpaired) electrons. The van der Waals surface area contributed by atoms with E-state index in [4.69, 9.17) is 65.6 Å². The number of carboxylic acids is 1. The molecule has 1 fully saturated rings. The van der Waals surface area contributed by atoms with Gasteiger partial charge in [0.2, 0.25) is 0 Å². The lowest BCUT2D eigenvalue weighted by molar-refractivity contribution is -0.135. The molecule has 0 spiro atoms. The zero-order valence-corrected chi connectivity index (χ0v) is 28.5. The summed E-state index contributed by atoms with van der Waals surface area (Å²) >= 11 is 0. The minimum Gasteiger partial charge on any atom is -0.480 e. The fraction of sp³-hybridized carbons (Fsp3) is 0.808. The monoisotopic (exact) mass is 743 g/mol. The molecule has 49 heavy (non-hydrogen) atoms. The predicted octanol–water partition coefficient (Wildman–Crippen LogP) is -5.71. The van der Waals surface area contributed by atoms with Gasteiger partial charge in [-0.2, -0.15) is 0 Å². The summed E-state index contributed by atoms with van der Waals surface area (Å²) in [5, 5.41) is 92.8. The number of hydrogen-bond acceptors (Lipinski definition) is 17. The van der Waals surface area contributed by atoms with Crippen molar-refractivity contribution in [1.29, 1.82) is 0 Å². The van der Waals surface area contributed by atoms with E-state index in [1.165, 1.54) is 13.1 Å². The zero-order valence-electron chi connectivity index (χ0n) is 27.6. The Labute approximate surface area is 281 Å². The highest BCUT2D eigenvalue weighted by atomic mass is 31.2. The lowest BCUT2D eigenvalue weighted by Gasteiger charge is -2.24. The number of phosphoric ester groups is 1. The second kappa shape index (κ2) is 26.6. The number of nitrogens with two attached hydrogens (primary N) is 1. The number of aromatic amines is 1. The lowest BCUT2D eigenvalue weighted by atomic mass is 9.88. The number of aromatic nitrogens is 2. The third-order valence-corrected chi connectivity index (χ3v) is 7.05. The summed E-state index contributed by atoms with van der Waals surface area (Å²) in [4.78, 5) is 51.6. The molecular weight excluding hydrogens is 689 g/mol. The molecule has 1 aliphatic heterocycles. The molecule has 1 aliphatic rings. The number of ether oxygens (including phenoxy) is 1. The van der Waals surface area contributed by atoms with Crippen molar-refractivity contribution in [3.05, 3.63) is 32.6 Å². The van der Waals surface area contributed by atoms with Crippen LogP contribution in [0.25, 0.3) is 0 Å². The highest BCUT2D eigenvalue weighted by Gasteiger charge is 2.37. The van der Waals surface area contributed by atoms with Gasteiger partial charge in [-0.1, -0.05) is 13.8 Å². The summed E-state index contributed by atoms with van der Waals surface area (Å²) < 4.78 is 21.4. The molecule has 22 nitrogen and oxygen atoms in total. The van der Waals surface area contributed by atoms with Crippen LogP contribution in [0, 0.1) is 17.8 Å². The smallest absolute Gasteiger partial charge is 0.469 e. The van der Waals surface area contributed by atoms with Crippen LogP contribution in [-0.2, 0) is 18.6 Å². The van der Waals surface area contributed by atoms with Crippen LogP contribution in [0.15, 0.2) is 15.8 Å². The Bertz CT molecular complexity index is 1140. The molecule has 0 bridgehead atoms. The third kappa shape index (κ3) is 22.3. The van der Waals surface area contributed by atoms with E-state index in [1.54, 1.807) is 6.92 Å². The molecule has 1 saturated heterocycles. The van der Waals surface area contributed by atoms with Crippen molar-refractivity contribution in [1.82, 2.24) is 9.55 Å². The summed E-state index contributed by atoms with van der Waals surface area (Å²) in [5.41, 5.74) is 2.28. The van der Waals surface area contributed by atoms with Crippen molar-refractivity contribution in [2.75, 3.05) is 66.0 Å². The second-order valence-electron chi connectivity index (χ2n) is 10.9. The first-order chi connectivity index (χ1) is 22.7. The van der Waals surface area contributed by atoms with E-state index < -0.39 is 67.0 Å². The van der Waals surface area contributed by atoms with Crippen LogP contribution in [0.4, 0.5) is 0 Å². The Balaban J connectivity index is -0.000000627. The SMILES string of the molecule is CC(CO)(CO)CO.CCC(CO)(CO)CO.Cc1cn([C@H]2C[C@H](O)[C@@H](COP(=O)(O)O)O2)c(=O)[nH]c1=O.NCC(=O)O.OCC(O)CO. The number of aryl methyl sites for hydroxylation is 1. The van der Waals surface area contributed by atoms with E-state index in [2.05, 4.69) is 15.2 Å². The van der Waals surface area contributed by atoms with Gasteiger partial charge in [-0.3, -0.25) is 23.7 Å². The number of hydrogen-bond donors (Lipinski definition) is 15. The first kappa shape index (κ1) is 51.2. The Morgan fingerprint density at radius 2 is 1.49 bits per heavy atom. The number of aliphatic carboxylic acids is 1. The van der Waals surface area contributed by atoms with Crippen LogP contribution >= 0.6 is 7.82 Å². The van der Waals surface area contributed by atoms with Gasteiger partial charge in [0.15, 0.2) is 0 Å². The molecule has 1 aromatic heterocycles.